The highest BCUT2D eigenvalue weighted by Crippen LogP contribution is 2.20. The van der Waals surface area contributed by atoms with Gasteiger partial charge >= 0.3 is 0 Å². The Morgan fingerprint density at radius 1 is 1.19 bits per heavy atom. The van der Waals surface area contributed by atoms with Crippen LogP contribution in [0, 0.1) is 5.92 Å². The van der Waals surface area contributed by atoms with Crippen molar-refractivity contribution < 1.29 is 14.3 Å². The maximum Gasteiger partial charge on any atom is 0.246 e. The summed E-state index contributed by atoms with van der Waals surface area (Å²) >= 11 is 0. The summed E-state index contributed by atoms with van der Waals surface area (Å²) in [5.74, 6) is 0.0985. The van der Waals surface area contributed by atoms with Crippen LogP contribution in [0.3, 0.4) is 0 Å². The summed E-state index contributed by atoms with van der Waals surface area (Å²) < 4.78 is 5.64. The summed E-state index contributed by atoms with van der Waals surface area (Å²) in [4.78, 5) is 26.6. The van der Waals surface area contributed by atoms with Crippen molar-refractivity contribution in [2.45, 2.75) is 44.8 Å². The van der Waals surface area contributed by atoms with E-state index in [9.17, 15) is 9.59 Å². The number of ether oxygens (including phenoxy) is 1. The number of piperidine rings is 1. The van der Waals surface area contributed by atoms with Crippen LogP contribution in [0.25, 0.3) is 6.08 Å². The fourth-order valence-electron chi connectivity index (χ4n) is 3.63. The van der Waals surface area contributed by atoms with Gasteiger partial charge in [-0.1, -0.05) is 30.3 Å². The summed E-state index contributed by atoms with van der Waals surface area (Å²) in [7, 11) is 0. The highest BCUT2D eigenvalue weighted by molar-refractivity contribution is 5.92. The van der Waals surface area contributed by atoms with Crippen LogP contribution >= 0.6 is 0 Å². The lowest BCUT2D eigenvalue weighted by molar-refractivity contribution is -0.132. The van der Waals surface area contributed by atoms with Crippen LogP contribution in [-0.2, 0) is 14.3 Å². The van der Waals surface area contributed by atoms with E-state index >= 15 is 0 Å². The molecule has 0 aliphatic carbocycles. The third-order valence-electron chi connectivity index (χ3n) is 5.29. The molecule has 2 heterocycles. The van der Waals surface area contributed by atoms with Crippen molar-refractivity contribution in [3.63, 3.8) is 0 Å². The molecule has 140 valence electrons. The first-order chi connectivity index (χ1) is 12.6. The monoisotopic (exact) mass is 356 g/mol. The van der Waals surface area contributed by atoms with E-state index in [0.29, 0.717) is 13.1 Å². The number of benzene rings is 1. The summed E-state index contributed by atoms with van der Waals surface area (Å²) in [6, 6.07) is 9.84. The molecule has 5 nitrogen and oxygen atoms in total. The molecule has 1 aromatic rings. The lowest BCUT2D eigenvalue weighted by Gasteiger charge is -2.31. The zero-order valence-corrected chi connectivity index (χ0v) is 15.4. The van der Waals surface area contributed by atoms with E-state index in [1.54, 1.807) is 6.08 Å². The summed E-state index contributed by atoms with van der Waals surface area (Å²) in [5, 5.41) is 3.10. The third kappa shape index (κ3) is 4.94. The molecule has 2 aliphatic rings. The molecule has 0 spiro atoms. The van der Waals surface area contributed by atoms with Gasteiger partial charge in [-0.05, 0) is 44.2 Å². The molecule has 0 bridgehead atoms. The lowest BCUT2D eigenvalue weighted by atomic mass is 9.95. The number of hydrogen-bond acceptors (Lipinski definition) is 3. The molecular weight excluding hydrogens is 328 g/mol. The molecule has 0 radical (unpaired) electrons. The van der Waals surface area contributed by atoms with E-state index < -0.39 is 0 Å². The van der Waals surface area contributed by atoms with Crippen LogP contribution in [0.2, 0.25) is 0 Å². The second-order valence-corrected chi connectivity index (χ2v) is 7.19. The van der Waals surface area contributed by atoms with Gasteiger partial charge < -0.3 is 15.0 Å². The summed E-state index contributed by atoms with van der Waals surface area (Å²) in [5.41, 5.74) is 1.01. The van der Waals surface area contributed by atoms with E-state index in [0.717, 1.165) is 37.9 Å². The maximum atomic E-state index is 12.5. The molecule has 0 aromatic heterocycles. The molecule has 5 heteroatoms. The van der Waals surface area contributed by atoms with E-state index in [1.807, 2.05) is 48.2 Å². The minimum atomic E-state index is -0.0130. The minimum absolute atomic E-state index is 0.0130. The van der Waals surface area contributed by atoms with Crippen molar-refractivity contribution in [1.29, 1.82) is 0 Å². The van der Waals surface area contributed by atoms with E-state index in [1.165, 1.54) is 0 Å². The molecule has 0 saturated carbocycles. The van der Waals surface area contributed by atoms with Crippen molar-refractivity contribution in [3.8, 4) is 0 Å². The zero-order valence-electron chi connectivity index (χ0n) is 15.4. The third-order valence-corrected chi connectivity index (χ3v) is 5.29. The highest BCUT2D eigenvalue weighted by atomic mass is 16.5. The standard InChI is InChI=1S/C21H28N2O3/c1-16(19-8-5-15-26-19)22-21(25)18-11-13-23(14-12-18)20(24)10-9-17-6-3-2-4-7-17/h2-4,6-7,9-10,16,18-19H,5,8,11-15H2,1H3,(H,22,25)/b10-9+. The van der Waals surface area contributed by atoms with Gasteiger partial charge in [0, 0.05) is 31.7 Å². The number of likely N-dealkylation sites (tertiary alicyclic amines) is 1. The van der Waals surface area contributed by atoms with Gasteiger partial charge in [0.2, 0.25) is 11.8 Å². The zero-order chi connectivity index (χ0) is 18.4. The van der Waals surface area contributed by atoms with Crippen LogP contribution < -0.4 is 5.32 Å². The Labute approximate surface area is 155 Å². The lowest BCUT2D eigenvalue weighted by Crippen LogP contribution is -2.47. The normalized spacial score (nSPS) is 22.5. The second-order valence-electron chi connectivity index (χ2n) is 7.19. The Hall–Kier alpha value is -2.14. The average molecular weight is 356 g/mol. The van der Waals surface area contributed by atoms with Crippen molar-refractivity contribution in [3.05, 3.63) is 42.0 Å². The van der Waals surface area contributed by atoms with Crippen molar-refractivity contribution in [2.75, 3.05) is 19.7 Å². The number of carbonyl (C=O) groups excluding carboxylic acids is 2. The van der Waals surface area contributed by atoms with Crippen LogP contribution in [0.15, 0.2) is 36.4 Å². The van der Waals surface area contributed by atoms with Crippen molar-refractivity contribution in [2.24, 2.45) is 5.92 Å². The molecule has 1 N–H and O–H groups in total. The van der Waals surface area contributed by atoms with Gasteiger partial charge in [-0.2, -0.15) is 0 Å². The Balaban J connectivity index is 1.43. The first kappa shape index (κ1) is 18.6. The largest absolute Gasteiger partial charge is 0.376 e. The van der Waals surface area contributed by atoms with Gasteiger partial charge in [0.05, 0.1) is 12.1 Å². The number of hydrogen-bond donors (Lipinski definition) is 1. The van der Waals surface area contributed by atoms with Crippen molar-refractivity contribution >= 4 is 17.9 Å². The van der Waals surface area contributed by atoms with Gasteiger partial charge in [-0.3, -0.25) is 9.59 Å². The van der Waals surface area contributed by atoms with Gasteiger partial charge in [0.15, 0.2) is 0 Å². The van der Waals surface area contributed by atoms with E-state index in [2.05, 4.69) is 5.32 Å². The molecule has 2 fully saturated rings. The molecule has 2 aliphatic heterocycles. The average Bonchev–Trinajstić information content (AvgIpc) is 3.22. The predicted octanol–water partition coefficient (Wildman–Crippen LogP) is 2.62. The molecular formula is C21H28N2O3. The SMILES string of the molecule is CC(NC(=O)C1CCN(C(=O)/C=C/c2ccccc2)CC1)C1CCCO1. The predicted molar refractivity (Wildman–Crippen MR) is 101 cm³/mol. The summed E-state index contributed by atoms with van der Waals surface area (Å²) in [6.07, 6.45) is 7.12. The summed E-state index contributed by atoms with van der Waals surface area (Å²) in [6.45, 7) is 4.07. The van der Waals surface area contributed by atoms with Crippen LogP contribution in [0.4, 0.5) is 0 Å². The van der Waals surface area contributed by atoms with Gasteiger partial charge in [0.1, 0.15) is 0 Å². The minimum Gasteiger partial charge on any atom is -0.376 e. The quantitative estimate of drug-likeness (QED) is 0.825. The Bertz CT molecular complexity index is 630. The van der Waals surface area contributed by atoms with Crippen LogP contribution in [0.5, 0.6) is 0 Å². The second kappa shape index (κ2) is 8.99. The molecule has 26 heavy (non-hydrogen) atoms. The molecule has 1 aromatic carbocycles. The number of carbonyl (C=O) groups is 2. The van der Waals surface area contributed by atoms with Gasteiger partial charge in [0.25, 0.3) is 0 Å². The number of amides is 2. The van der Waals surface area contributed by atoms with Crippen LogP contribution in [-0.4, -0.2) is 48.6 Å². The number of rotatable bonds is 5. The van der Waals surface area contributed by atoms with Gasteiger partial charge in [-0.25, -0.2) is 0 Å². The Morgan fingerprint density at radius 3 is 2.58 bits per heavy atom. The number of nitrogens with zero attached hydrogens (tertiary/aromatic N) is 1. The molecule has 3 rings (SSSR count). The van der Waals surface area contributed by atoms with E-state index in [4.69, 9.17) is 4.74 Å². The fourth-order valence-corrected chi connectivity index (χ4v) is 3.63. The Morgan fingerprint density at radius 2 is 1.92 bits per heavy atom. The highest BCUT2D eigenvalue weighted by Gasteiger charge is 2.29. The topological polar surface area (TPSA) is 58.6 Å². The van der Waals surface area contributed by atoms with E-state index in [-0.39, 0.29) is 29.9 Å². The molecule has 2 amide bonds. The molecule has 2 unspecified atom stereocenters. The number of nitrogens with one attached hydrogen (secondary N) is 1. The van der Waals surface area contributed by atoms with Gasteiger partial charge in [-0.15, -0.1) is 0 Å². The van der Waals surface area contributed by atoms with Crippen molar-refractivity contribution in [1.82, 2.24) is 10.2 Å². The van der Waals surface area contributed by atoms with Crippen LogP contribution in [0.1, 0.15) is 38.2 Å². The first-order valence-corrected chi connectivity index (χ1v) is 9.57. The first-order valence-electron chi connectivity index (χ1n) is 9.57. The molecule has 2 saturated heterocycles. The maximum absolute atomic E-state index is 12.5. The molecule has 2 atom stereocenters. The smallest absolute Gasteiger partial charge is 0.246 e. The fraction of sp³-hybridized carbons (Fsp3) is 0.524. The Kier molecular flexibility index (Phi) is 6.45.